The fraction of sp³-hybridized carbons (Fsp3) is 0.400. The fourth-order valence-electron chi connectivity index (χ4n) is 1.17. The minimum Gasteiger partial charge on any atom is -0.330 e. The van der Waals surface area contributed by atoms with Gasteiger partial charge in [0, 0.05) is 5.02 Å². The second-order valence-electron chi connectivity index (χ2n) is 3.01. The molecular formula is C10H13ClFN. The van der Waals surface area contributed by atoms with Crippen LogP contribution in [0.5, 0.6) is 0 Å². The van der Waals surface area contributed by atoms with E-state index < -0.39 is 6.17 Å². The molecule has 72 valence electrons. The summed E-state index contributed by atoms with van der Waals surface area (Å²) in [5, 5.41) is 0.604. The smallest absolute Gasteiger partial charge is 0.122 e. The standard InChI is InChI=1S/C10H13ClFN/c1-7(12)9-3-2-8(4-5-13)10(11)6-9/h2-3,6-7H,4-5,13H2,1H3. The van der Waals surface area contributed by atoms with Crippen LogP contribution in [0.2, 0.25) is 5.02 Å². The van der Waals surface area contributed by atoms with Gasteiger partial charge in [0.05, 0.1) is 0 Å². The summed E-state index contributed by atoms with van der Waals surface area (Å²) in [6.45, 7) is 2.05. The minimum atomic E-state index is -0.968. The Bertz CT molecular complexity index is 286. The molecule has 0 saturated heterocycles. The molecule has 1 aromatic rings. The van der Waals surface area contributed by atoms with Crippen molar-refractivity contribution in [2.75, 3.05) is 6.54 Å². The lowest BCUT2D eigenvalue weighted by molar-refractivity contribution is 0.374. The maximum Gasteiger partial charge on any atom is 0.122 e. The summed E-state index contributed by atoms with van der Waals surface area (Å²) in [6.07, 6.45) is -0.232. The highest BCUT2D eigenvalue weighted by molar-refractivity contribution is 6.31. The predicted octanol–water partition coefficient (Wildman–Crippen LogP) is 2.87. The largest absolute Gasteiger partial charge is 0.330 e. The van der Waals surface area contributed by atoms with Gasteiger partial charge in [-0.05, 0) is 37.1 Å². The first-order chi connectivity index (χ1) is 6.15. The molecule has 0 bridgehead atoms. The van der Waals surface area contributed by atoms with Crippen molar-refractivity contribution in [3.63, 3.8) is 0 Å². The topological polar surface area (TPSA) is 26.0 Å². The van der Waals surface area contributed by atoms with Crippen LogP contribution < -0.4 is 5.73 Å². The lowest BCUT2D eigenvalue weighted by atomic mass is 10.1. The molecule has 1 aromatic carbocycles. The zero-order valence-electron chi connectivity index (χ0n) is 7.56. The van der Waals surface area contributed by atoms with Gasteiger partial charge in [-0.2, -0.15) is 0 Å². The average molecular weight is 202 g/mol. The van der Waals surface area contributed by atoms with E-state index in [-0.39, 0.29) is 0 Å². The molecule has 1 nitrogen and oxygen atoms in total. The van der Waals surface area contributed by atoms with Crippen LogP contribution in [0.3, 0.4) is 0 Å². The van der Waals surface area contributed by atoms with Crippen LogP contribution in [0.1, 0.15) is 24.2 Å². The highest BCUT2D eigenvalue weighted by Gasteiger charge is 2.05. The Labute approximate surface area is 82.7 Å². The molecule has 1 unspecified atom stereocenters. The zero-order chi connectivity index (χ0) is 9.84. The molecule has 0 aliphatic rings. The quantitative estimate of drug-likeness (QED) is 0.800. The Morgan fingerprint density at radius 1 is 1.54 bits per heavy atom. The van der Waals surface area contributed by atoms with Gasteiger partial charge >= 0.3 is 0 Å². The summed E-state index contributed by atoms with van der Waals surface area (Å²) < 4.78 is 12.8. The number of hydrogen-bond acceptors (Lipinski definition) is 1. The molecule has 1 atom stereocenters. The normalized spacial score (nSPS) is 12.9. The van der Waals surface area contributed by atoms with Gasteiger partial charge in [0.1, 0.15) is 6.17 Å². The van der Waals surface area contributed by atoms with Crippen LogP contribution in [0.15, 0.2) is 18.2 Å². The van der Waals surface area contributed by atoms with E-state index in [1.807, 2.05) is 6.07 Å². The van der Waals surface area contributed by atoms with Gasteiger partial charge in [0.2, 0.25) is 0 Å². The highest BCUT2D eigenvalue weighted by atomic mass is 35.5. The monoisotopic (exact) mass is 201 g/mol. The van der Waals surface area contributed by atoms with Crippen LogP contribution in [0.4, 0.5) is 4.39 Å². The number of benzene rings is 1. The third kappa shape index (κ3) is 2.68. The SMILES string of the molecule is CC(F)c1ccc(CCN)c(Cl)c1. The van der Waals surface area contributed by atoms with E-state index in [2.05, 4.69) is 0 Å². The second-order valence-corrected chi connectivity index (χ2v) is 3.41. The highest BCUT2D eigenvalue weighted by Crippen LogP contribution is 2.23. The molecular weight excluding hydrogens is 189 g/mol. The molecule has 2 N–H and O–H groups in total. The van der Waals surface area contributed by atoms with Crippen molar-refractivity contribution in [3.8, 4) is 0 Å². The Hall–Kier alpha value is -0.600. The summed E-state index contributed by atoms with van der Waals surface area (Å²) in [7, 11) is 0. The van der Waals surface area contributed by atoms with Crippen LogP contribution in [0.25, 0.3) is 0 Å². The molecule has 0 aliphatic heterocycles. The van der Waals surface area contributed by atoms with Gasteiger partial charge in [-0.1, -0.05) is 23.7 Å². The van der Waals surface area contributed by atoms with Crippen LogP contribution in [-0.2, 0) is 6.42 Å². The maximum absolute atomic E-state index is 12.8. The second kappa shape index (κ2) is 4.58. The van der Waals surface area contributed by atoms with Crippen LogP contribution in [-0.4, -0.2) is 6.54 Å². The number of alkyl halides is 1. The molecule has 0 aromatic heterocycles. The van der Waals surface area contributed by atoms with Gasteiger partial charge < -0.3 is 5.73 Å². The Balaban J connectivity index is 2.92. The molecule has 0 saturated carbocycles. The first kappa shape index (κ1) is 10.5. The van der Waals surface area contributed by atoms with E-state index in [0.717, 1.165) is 12.0 Å². The number of hydrogen-bond donors (Lipinski definition) is 1. The molecule has 0 amide bonds. The van der Waals surface area contributed by atoms with Crippen molar-refractivity contribution in [2.24, 2.45) is 5.73 Å². The molecule has 13 heavy (non-hydrogen) atoms. The number of rotatable bonds is 3. The lowest BCUT2D eigenvalue weighted by Crippen LogP contribution is -2.03. The molecule has 0 heterocycles. The lowest BCUT2D eigenvalue weighted by Gasteiger charge is -2.06. The van der Waals surface area contributed by atoms with Gasteiger partial charge in [0.15, 0.2) is 0 Å². The molecule has 0 spiro atoms. The zero-order valence-corrected chi connectivity index (χ0v) is 8.31. The van der Waals surface area contributed by atoms with Gasteiger partial charge in [-0.15, -0.1) is 0 Å². The first-order valence-corrected chi connectivity index (χ1v) is 4.65. The Kier molecular flexibility index (Phi) is 3.70. The van der Waals surface area contributed by atoms with Crippen molar-refractivity contribution in [1.29, 1.82) is 0 Å². The molecule has 0 fully saturated rings. The maximum atomic E-state index is 12.8. The summed E-state index contributed by atoms with van der Waals surface area (Å²) in [6, 6.07) is 5.25. The third-order valence-electron chi connectivity index (χ3n) is 1.95. The van der Waals surface area contributed by atoms with E-state index in [1.54, 1.807) is 12.1 Å². The van der Waals surface area contributed by atoms with Crippen molar-refractivity contribution >= 4 is 11.6 Å². The molecule has 0 radical (unpaired) electrons. The van der Waals surface area contributed by atoms with Crippen molar-refractivity contribution in [3.05, 3.63) is 34.3 Å². The number of nitrogens with two attached hydrogens (primary N) is 1. The van der Waals surface area contributed by atoms with Crippen LogP contribution in [0, 0.1) is 0 Å². The summed E-state index contributed by atoms with van der Waals surface area (Å²) in [5.41, 5.74) is 6.99. The van der Waals surface area contributed by atoms with Crippen LogP contribution >= 0.6 is 11.6 Å². The Morgan fingerprint density at radius 3 is 2.69 bits per heavy atom. The average Bonchev–Trinajstić information content (AvgIpc) is 2.08. The van der Waals surface area contributed by atoms with Gasteiger partial charge in [-0.25, -0.2) is 4.39 Å². The Morgan fingerprint density at radius 2 is 2.23 bits per heavy atom. The summed E-state index contributed by atoms with van der Waals surface area (Å²) in [4.78, 5) is 0. The van der Waals surface area contributed by atoms with Crippen molar-refractivity contribution in [2.45, 2.75) is 19.5 Å². The molecule has 3 heteroatoms. The summed E-state index contributed by atoms with van der Waals surface area (Å²) in [5.74, 6) is 0. The number of halogens is 2. The van der Waals surface area contributed by atoms with E-state index in [9.17, 15) is 4.39 Å². The molecule has 0 aliphatic carbocycles. The van der Waals surface area contributed by atoms with Gasteiger partial charge in [-0.3, -0.25) is 0 Å². The minimum absolute atomic E-state index is 0.560. The van der Waals surface area contributed by atoms with Crippen molar-refractivity contribution in [1.82, 2.24) is 0 Å². The van der Waals surface area contributed by atoms with E-state index >= 15 is 0 Å². The first-order valence-electron chi connectivity index (χ1n) is 4.27. The van der Waals surface area contributed by atoms with E-state index in [1.165, 1.54) is 6.92 Å². The predicted molar refractivity (Wildman–Crippen MR) is 53.7 cm³/mol. The van der Waals surface area contributed by atoms with E-state index in [4.69, 9.17) is 17.3 Å². The van der Waals surface area contributed by atoms with Gasteiger partial charge in [0.25, 0.3) is 0 Å². The molecule has 1 rings (SSSR count). The fourth-order valence-corrected chi connectivity index (χ4v) is 1.45. The van der Waals surface area contributed by atoms with Crippen molar-refractivity contribution < 1.29 is 4.39 Å². The van der Waals surface area contributed by atoms with E-state index in [0.29, 0.717) is 17.1 Å². The summed E-state index contributed by atoms with van der Waals surface area (Å²) >= 11 is 5.93. The third-order valence-corrected chi connectivity index (χ3v) is 2.30.